The number of hydrogen-bond acceptors (Lipinski definition) is 3. The zero-order valence-corrected chi connectivity index (χ0v) is 9.95. The smallest absolute Gasteiger partial charge is 0.369 e. The average Bonchev–Trinajstić information content (AvgIpc) is 2.71. The highest BCUT2D eigenvalue weighted by atomic mass is 19.4. The Hall–Kier alpha value is -2.05. The highest BCUT2D eigenvalue weighted by Gasteiger charge is 2.31. The molecule has 1 aliphatic rings. The monoisotopic (exact) mass is 269 g/mol. The Morgan fingerprint density at radius 2 is 2.16 bits per heavy atom. The predicted molar refractivity (Wildman–Crippen MR) is 64.2 cm³/mol. The van der Waals surface area contributed by atoms with Crippen molar-refractivity contribution in [1.82, 2.24) is 9.55 Å². The van der Waals surface area contributed by atoms with Gasteiger partial charge in [-0.05, 0) is 25.1 Å². The van der Waals surface area contributed by atoms with Crippen LogP contribution in [0.4, 0.5) is 19.0 Å². The third kappa shape index (κ3) is 1.76. The fourth-order valence-corrected chi connectivity index (χ4v) is 2.31. The van der Waals surface area contributed by atoms with Gasteiger partial charge < -0.3 is 5.32 Å². The van der Waals surface area contributed by atoms with Gasteiger partial charge in [0.2, 0.25) is 0 Å². The molecule has 1 atom stereocenters. The van der Waals surface area contributed by atoms with Crippen LogP contribution < -0.4 is 11.0 Å². The molecule has 3 rings (SSSR count). The minimum absolute atomic E-state index is 0.117. The lowest BCUT2D eigenvalue weighted by Gasteiger charge is -2.11. The third-order valence-electron chi connectivity index (χ3n) is 3.25. The summed E-state index contributed by atoms with van der Waals surface area (Å²) in [6.07, 6.45) is -4.41. The molecule has 19 heavy (non-hydrogen) atoms. The van der Waals surface area contributed by atoms with E-state index in [1.54, 1.807) is 0 Å². The highest BCUT2D eigenvalue weighted by molar-refractivity contribution is 5.90. The zero-order chi connectivity index (χ0) is 13.8. The van der Waals surface area contributed by atoms with Crippen molar-refractivity contribution in [2.75, 3.05) is 11.9 Å². The molecule has 1 aromatic carbocycles. The molecule has 100 valence electrons. The van der Waals surface area contributed by atoms with E-state index in [-0.39, 0.29) is 11.6 Å². The first-order valence-corrected chi connectivity index (χ1v) is 5.75. The van der Waals surface area contributed by atoms with Crippen molar-refractivity contribution in [3.8, 4) is 0 Å². The summed E-state index contributed by atoms with van der Waals surface area (Å²) < 4.78 is 39.5. The Kier molecular flexibility index (Phi) is 2.35. The van der Waals surface area contributed by atoms with Gasteiger partial charge in [0.15, 0.2) is 0 Å². The van der Waals surface area contributed by atoms with Crippen LogP contribution >= 0.6 is 0 Å². The molecule has 0 bridgehead atoms. The molecular weight excluding hydrogens is 259 g/mol. The summed E-state index contributed by atoms with van der Waals surface area (Å²) in [6.45, 7) is 2.32. The molecule has 2 heterocycles. The van der Waals surface area contributed by atoms with E-state index in [0.717, 1.165) is 12.1 Å². The van der Waals surface area contributed by atoms with E-state index in [1.165, 1.54) is 10.6 Å². The number of benzene rings is 1. The SMILES string of the molecule is CC1CNc2c3cc(C(F)(F)F)ccc3nc(=O)n21. The van der Waals surface area contributed by atoms with E-state index in [0.29, 0.717) is 17.7 Å². The van der Waals surface area contributed by atoms with Crippen LogP contribution in [0.2, 0.25) is 0 Å². The summed E-state index contributed by atoms with van der Waals surface area (Å²) in [5.41, 5.74) is -0.921. The molecular formula is C12H10F3N3O. The fraction of sp³-hybridized carbons (Fsp3) is 0.333. The van der Waals surface area contributed by atoms with E-state index < -0.39 is 17.4 Å². The maximum atomic E-state index is 12.7. The van der Waals surface area contributed by atoms with Crippen LogP contribution in [0.15, 0.2) is 23.0 Å². The van der Waals surface area contributed by atoms with Gasteiger partial charge in [-0.1, -0.05) is 0 Å². The molecule has 0 fully saturated rings. The normalized spacial score (nSPS) is 18.4. The first kappa shape index (κ1) is 12.0. The van der Waals surface area contributed by atoms with Crippen molar-refractivity contribution in [1.29, 1.82) is 0 Å². The molecule has 0 saturated carbocycles. The maximum absolute atomic E-state index is 12.7. The standard InChI is InChI=1S/C12H10F3N3O/c1-6-5-16-10-8-4-7(12(13,14)15)2-3-9(8)17-11(19)18(6)10/h2-4,6,16H,5H2,1H3. The second kappa shape index (κ2) is 3.72. The van der Waals surface area contributed by atoms with Crippen molar-refractivity contribution >= 4 is 16.7 Å². The van der Waals surface area contributed by atoms with E-state index >= 15 is 0 Å². The maximum Gasteiger partial charge on any atom is 0.416 e. The summed E-state index contributed by atoms with van der Waals surface area (Å²) in [7, 11) is 0. The van der Waals surface area contributed by atoms with E-state index in [1.807, 2.05) is 6.92 Å². The van der Waals surface area contributed by atoms with Crippen molar-refractivity contribution in [2.24, 2.45) is 0 Å². The molecule has 1 aliphatic heterocycles. The fourth-order valence-electron chi connectivity index (χ4n) is 2.31. The molecule has 0 saturated heterocycles. The quantitative estimate of drug-likeness (QED) is 0.798. The molecule has 4 nitrogen and oxygen atoms in total. The lowest BCUT2D eigenvalue weighted by Crippen LogP contribution is -2.23. The first-order chi connectivity index (χ1) is 8.88. The van der Waals surface area contributed by atoms with E-state index in [9.17, 15) is 18.0 Å². The van der Waals surface area contributed by atoms with Crippen LogP contribution in [0.25, 0.3) is 10.9 Å². The van der Waals surface area contributed by atoms with Crippen molar-refractivity contribution < 1.29 is 13.2 Å². The van der Waals surface area contributed by atoms with Crippen LogP contribution in [0.1, 0.15) is 18.5 Å². The average molecular weight is 269 g/mol. The molecule has 1 N–H and O–H groups in total. The van der Waals surface area contributed by atoms with Gasteiger partial charge in [0.1, 0.15) is 5.82 Å². The van der Waals surface area contributed by atoms with Gasteiger partial charge in [0.05, 0.1) is 17.1 Å². The number of alkyl halides is 3. The molecule has 0 aliphatic carbocycles. The minimum Gasteiger partial charge on any atom is -0.369 e. The summed E-state index contributed by atoms with van der Waals surface area (Å²) >= 11 is 0. The van der Waals surface area contributed by atoms with Gasteiger partial charge in [-0.2, -0.15) is 18.2 Å². The van der Waals surface area contributed by atoms with Gasteiger partial charge in [-0.3, -0.25) is 4.57 Å². The number of anilines is 1. The number of rotatable bonds is 0. The molecule has 2 aromatic rings. The summed E-state index contributed by atoms with van der Waals surface area (Å²) in [5, 5.41) is 3.29. The third-order valence-corrected chi connectivity index (χ3v) is 3.25. The summed E-state index contributed by atoms with van der Waals surface area (Å²) in [4.78, 5) is 15.6. The Bertz CT molecular complexity index is 720. The lowest BCUT2D eigenvalue weighted by molar-refractivity contribution is -0.137. The Labute approximate surface area is 105 Å². The number of nitrogens with one attached hydrogen (secondary N) is 1. The Morgan fingerprint density at radius 3 is 2.84 bits per heavy atom. The molecule has 7 heteroatoms. The number of halogens is 3. The van der Waals surface area contributed by atoms with Crippen LogP contribution in [0.3, 0.4) is 0 Å². The number of fused-ring (bicyclic) bond motifs is 3. The van der Waals surface area contributed by atoms with Gasteiger partial charge in [0, 0.05) is 11.9 Å². The van der Waals surface area contributed by atoms with Crippen molar-refractivity contribution in [2.45, 2.75) is 19.1 Å². The second-order valence-corrected chi connectivity index (χ2v) is 4.57. The van der Waals surface area contributed by atoms with Gasteiger partial charge >= 0.3 is 11.9 Å². The van der Waals surface area contributed by atoms with Crippen LogP contribution in [0, 0.1) is 0 Å². The van der Waals surface area contributed by atoms with Crippen LogP contribution in [-0.2, 0) is 6.18 Å². The first-order valence-electron chi connectivity index (χ1n) is 5.75. The van der Waals surface area contributed by atoms with E-state index in [2.05, 4.69) is 10.3 Å². The molecule has 0 radical (unpaired) electrons. The molecule has 1 unspecified atom stereocenters. The Morgan fingerprint density at radius 1 is 1.42 bits per heavy atom. The Balaban J connectivity index is 2.35. The van der Waals surface area contributed by atoms with Gasteiger partial charge in [-0.15, -0.1) is 0 Å². The summed E-state index contributed by atoms with van der Waals surface area (Å²) in [6, 6.07) is 3.07. The highest BCUT2D eigenvalue weighted by Crippen LogP contribution is 2.34. The van der Waals surface area contributed by atoms with Crippen molar-refractivity contribution in [3.05, 3.63) is 34.2 Å². The minimum atomic E-state index is -4.41. The second-order valence-electron chi connectivity index (χ2n) is 4.57. The van der Waals surface area contributed by atoms with E-state index in [4.69, 9.17) is 0 Å². The molecule has 0 amide bonds. The van der Waals surface area contributed by atoms with Crippen LogP contribution in [-0.4, -0.2) is 16.1 Å². The zero-order valence-electron chi connectivity index (χ0n) is 9.95. The van der Waals surface area contributed by atoms with Crippen molar-refractivity contribution in [3.63, 3.8) is 0 Å². The van der Waals surface area contributed by atoms with Crippen LogP contribution in [0.5, 0.6) is 0 Å². The topological polar surface area (TPSA) is 46.9 Å². The number of hydrogen-bond donors (Lipinski definition) is 1. The van der Waals surface area contributed by atoms with Gasteiger partial charge in [-0.25, -0.2) is 4.79 Å². The molecule has 0 spiro atoms. The molecule has 1 aromatic heterocycles. The number of aromatic nitrogens is 2. The van der Waals surface area contributed by atoms with Gasteiger partial charge in [0.25, 0.3) is 0 Å². The lowest BCUT2D eigenvalue weighted by atomic mass is 10.1. The number of nitrogens with zero attached hydrogens (tertiary/aromatic N) is 2. The summed E-state index contributed by atoms with van der Waals surface area (Å²) in [5.74, 6) is 0.411. The largest absolute Gasteiger partial charge is 0.416 e. The predicted octanol–water partition coefficient (Wildman–Crippen LogP) is 2.40.